The third kappa shape index (κ3) is 7.17. The van der Waals surface area contributed by atoms with Gasteiger partial charge in [0.2, 0.25) is 11.8 Å². The molecule has 2 amide bonds. The Morgan fingerprint density at radius 3 is 2.53 bits per heavy atom. The van der Waals surface area contributed by atoms with Crippen LogP contribution in [-0.4, -0.2) is 49.1 Å². The zero-order valence-corrected chi connectivity index (χ0v) is 28.2. The van der Waals surface area contributed by atoms with Crippen LogP contribution in [0.5, 0.6) is 11.6 Å². The molecule has 0 spiro atoms. The first kappa shape index (κ1) is 32.8. The highest BCUT2D eigenvalue weighted by atomic mass is 16.5. The number of ether oxygens (including phenoxy) is 2. The van der Waals surface area contributed by atoms with E-state index in [1.807, 2.05) is 67.6 Å². The van der Waals surface area contributed by atoms with Gasteiger partial charge >= 0.3 is 12.0 Å². The van der Waals surface area contributed by atoms with Crippen LogP contribution < -0.4 is 20.7 Å². The number of hydrogen-bond donors (Lipinski definition) is 4. The van der Waals surface area contributed by atoms with E-state index in [0.717, 1.165) is 47.0 Å². The molecule has 0 bridgehead atoms. The third-order valence-corrected chi connectivity index (χ3v) is 8.24. The van der Waals surface area contributed by atoms with Crippen molar-refractivity contribution in [2.75, 3.05) is 23.1 Å². The number of aryl methyl sites for hydroxylation is 2. The van der Waals surface area contributed by atoms with E-state index in [2.05, 4.69) is 43.0 Å². The van der Waals surface area contributed by atoms with E-state index < -0.39 is 12.0 Å². The second-order valence-electron chi connectivity index (χ2n) is 11.9. The molecule has 13 nitrogen and oxygen atoms in total. The van der Waals surface area contributed by atoms with Gasteiger partial charge in [0.25, 0.3) is 0 Å². The van der Waals surface area contributed by atoms with Crippen molar-refractivity contribution in [3.8, 4) is 17.3 Å². The van der Waals surface area contributed by atoms with E-state index in [0.29, 0.717) is 39.7 Å². The van der Waals surface area contributed by atoms with Gasteiger partial charge in [0.15, 0.2) is 5.69 Å². The van der Waals surface area contributed by atoms with E-state index in [1.54, 1.807) is 41.2 Å². The van der Waals surface area contributed by atoms with Crippen LogP contribution in [0.2, 0.25) is 0 Å². The Morgan fingerprint density at radius 2 is 1.73 bits per heavy atom. The number of nitrogens with zero attached hydrogens (tertiary/aromatic N) is 5. The fourth-order valence-corrected chi connectivity index (χ4v) is 5.67. The molecule has 0 aliphatic carbocycles. The van der Waals surface area contributed by atoms with Gasteiger partial charge in [-0.3, -0.25) is 10.4 Å². The maximum absolute atomic E-state index is 13.4. The van der Waals surface area contributed by atoms with Gasteiger partial charge in [-0.05, 0) is 62.2 Å². The first-order valence-electron chi connectivity index (χ1n) is 16.5. The quantitative estimate of drug-likeness (QED) is 0.0984. The average molecular weight is 682 g/mol. The molecule has 256 valence electrons. The Hall–Kier alpha value is -6.76. The topological polar surface area (TPSA) is 161 Å². The van der Waals surface area contributed by atoms with Gasteiger partial charge in [0.1, 0.15) is 11.6 Å². The molecule has 0 aliphatic heterocycles. The van der Waals surface area contributed by atoms with E-state index >= 15 is 0 Å². The molecule has 0 saturated carbocycles. The Bertz CT molecular complexity index is 2370. The maximum Gasteiger partial charge on any atom is 0.359 e. The molecule has 7 rings (SSSR count). The number of esters is 1. The van der Waals surface area contributed by atoms with E-state index in [1.165, 1.54) is 7.11 Å². The number of benzene rings is 4. The molecule has 0 fully saturated rings. The highest BCUT2D eigenvalue weighted by molar-refractivity contribution is 6.07. The van der Waals surface area contributed by atoms with Gasteiger partial charge in [-0.25, -0.2) is 19.3 Å². The zero-order chi connectivity index (χ0) is 35.3. The molecule has 3 aromatic heterocycles. The summed E-state index contributed by atoms with van der Waals surface area (Å²) in [5, 5.41) is 23.0. The van der Waals surface area contributed by atoms with Crippen LogP contribution in [-0.2, 0) is 11.2 Å². The Kier molecular flexibility index (Phi) is 9.24. The van der Waals surface area contributed by atoms with E-state index in [4.69, 9.17) is 14.6 Å². The number of aromatic amines is 1. The SMILES string of the molecule is CCCCc1cc(NC(=O)Nc2ccc(Oc3ccnc(Nc4ccc5[nH]nc(C(=O)OC)c5c4)n3)c3ccccc23)n(-c2ccc(C)cc2)n1. The zero-order valence-electron chi connectivity index (χ0n) is 28.2. The average Bonchev–Trinajstić information content (AvgIpc) is 3.75. The summed E-state index contributed by atoms with van der Waals surface area (Å²) >= 11 is 0. The number of anilines is 4. The second-order valence-corrected chi connectivity index (χ2v) is 11.9. The summed E-state index contributed by atoms with van der Waals surface area (Å²) in [5.74, 6) is 1.17. The van der Waals surface area contributed by atoms with Crippen molar-refractivity contribution in [1.82, 2.24) is 29.9 Å². The first-order chi connectivity index (χ1) is 24.9. The number of amides is 2. The molecule has 0 unspecified atom stereocenters. The van der Waals surface area contributed by atoms with Crippen LogP contribution >= 0.6 is 0 Å². The normalized spacial score (nSPS) is 11.0. The van der Waals surface area contributed by atoms with Gasteiger partial charge < -0.3 is 20.1 Å². The summed E-state index contributed by atoms with van der Waals surface area (Å²) in [7, 11) is 1.31. The van der Waals surface area contributed by atoms with E-state index in [-0.39, 0.29) is 11.6 Å². The number of urea groups is 1. The first-order valence-corrected chi connectivity index (χ1v) is 16.5. The molecule has 51 heavy (non-hydrogen) atoms. The number of unbranched alkanes of at least 4 members (excludes halogenated alkanes) is 1. The summed E-state index contributed by atoms with van der Waals surface area (Å²) in [6, 6.07) is 27.8. The number of H-pyrrole nitrogens is 1. The molecule has 0 atom stereocenters. The van der Waals surface area contributed by atoms with Crippen molar-refractivity contribution >= 4 is 56.8 Å². The van der Waals surface area contributed by atoms with Crippen LogP contribution in [0.4, 0.5) is 27.9 Å². The van der Waals surface area contributed by atoms with Crippen LogP contribution in [0, 0.1) is 6.92 Å². The number of aromatic nitrogens is 6. The second kappa shape index (κ2) is 14.4. The molecule has 0 radical (unpaired) electrons. The van der Waals surface area contributed by atoms with Gasteiger partial charge in [-0.2, -0.15) is 15.2 Å². The van der Waals surface area contributed by atoms with Crippen molar-refractivity contribution in [2.45, 2.75) is 33.1 Å². The van der Waals surface area contributed by atoms with Gasteiger partial charge in [0.05, 0.1) is 29.7 Å². The van der Waals surface area contributed by atoms with Crippen molar-refractivity contribution in [1.29, 1.82) is 0 Å². The number of carbonyl (C=O) groups is 2. The third-order valence-electron chi connectivity index (χ3n) is 8.24. The predicted octanol–water partition coefficient (Wildman–Crippen LogP) is 8.31. The van der Waals surface area contributed by atoms with Crippen LogP contribution in [0.25, 0.3) is 27.4 Å². The van der Waals surface area contributed by atoms with Gasteiger partial charge in [0, 0.05) is 40.2 Å². The lowest BCUT2D eigenvalue weighted by Crippen LogP contribution is -2.21. The lowest BCUT2D eigenvalue weighted by atomic mass is 10.1. The predicted molar refractivity (Wildman–Crippen MR) is 196 cm³/mol. The summed E-state index contributed by atoms with van der Waals surface area (Å²) in [5.41, 5.74) is 5.03. The molecular weight excluding hydrogens is 646 g/mol. The smallest absolute Gasteiger partial charge is 0.359 e. The number of carbonyl (C=O) groups excluding carboxylic acids is 2. The standard InChI is InChI=1S/C38H35N9O4/c1-4-5-8-25-22-33(47(46-25)26-14-11-23(2)12-15-26)42-38(49)41-30-17-18-32(28-10-7-6-9-27(28)30)51-34-19-20-39-37(43-34)40-24-13-16-31-29(21-24)35(45-44-31)36(48)50-3/h6-7,9-22H,4-5,8H2,1-3H3,(H,44,45)(H,39,40,43)(H2,41,42,49). The summed E-state index contributed by atoms with van der Waals surface area (Å²) in [6.45, 7) is 4.17. The van der Waals surface area contributed by atoms with E-state index in [9.17, 15) is 9.59 Å². The minimum absolute atomic E-state index is 0.182. The van der Waals surface area contributed by atoms with Crippen molar-refractivity contribution < 1.29 is 19.1 Å². The van der Waals surface area contributed by atoms with Crippen LogP contribution in [0.1, 0.15) is 41.5 Å². The number of fused-ring (bicyclic) bond motifs is 2. The summed E-state index contributed by atoms with van der Waals surface area (Å²) in [6.07, 6.45) is 4.46. The fourth-order valence-electron chi connectivity index (χ4n) is 5.67. The number of methoxy groups -OCH3 is 1. The van der Waals surface area contributed by atoms with Crippen molar-refractivity contribution in [3.63, 3.8) is 0 Å². The lowest BCUT2D eigenvalue weighted by molar-refractivity contribution is 0.0596. The molecule has 4 N–H and O–H groups in total. The summed E-state index contributed by atoms with van der Waals surface area (Å²) < 4.78 is 12.9. The number of rotatable bonds is 11. The lowest BCUT2D eigenvalue weighted by Gasteiger charge is -2.14. The maximum atomic E-state index is 13.4. The number of nitrogens with one attached hydrogen (secondary N) is 4. The Balaban J connectivity index is 1.09. The van der Waals surface area contributed by atoms with Crippen LogP contribution in [0.15, 0.2) is 97.2 Å². The Morgan fingerprint density at radius 1 is 0.902 bits per heavy atom. The minimum atomic E-state index is -0.541. The van der Waals surface area contributed by atoms with Gasteiger partial charge in [-0.1, -0.05) is 55.3 Å². The molecule has 0 aliphatic rings. The van der Waals surface area contributed by atoms with Crippen molar-refractivity contribution in [3.05, 3.63) is 114 Å². The molecule has 13 heteroatoms. The van der Waals surface area contributed by atoms with Crippen molar-refractivity contribution in [2.24, 2.45) is 0 Å². The monoisotopic (exact) mass is 681 g/mol. The number of hydrogen-bond acceptors (Lipinski definition) is 9. The largest absolute Gasteiger partial charge is 0.464 e. The minimum Gasteiger partial charge on any atom is -0.464 e. The molecule has 0 saturated heterocycles. The molecule has 7 aromatic rings. The van der Waals surface area contributed by atoms with Crippen LogP contribution in [0.3, 0.4) is 0 Å². The highest BCUT2D eigenvalue weighted by Gasteiger charge is 2.17. The Labute approximate surface area is 293 Å². The molecule has 4 aromatic carbocycles. The molecule has 3 heterocycles. The fraction of sp³-hybridized carbons (Fsp3) is 0.158. The molecular formula is C38H35N9O4. The summed E-state index contributed by atoms with van der Waals surface area (Å²) in [4.78, 5) is 34.4. The highest BCUT2D eigenvalue weighted by Crippen LogP contribution is 2.34. The van der Waals surface area contributed by atoms with Gasteiger partial charge in [-0.15, -0.1) is 0 Å².